The van der Waals surface area contributed by atoms with Crippen LogP contribution in [-0.2, 0) is 16.8 Å². The maximum absolute atomic E-state index is 13.5. The molecular formula is C23H25BrFN3O. The first kappa shape index (κ1) is 21.5. The highest BCUT2D eigenvalue weighted by molar-refractivity contribution is 9.10. The highest BCUT2D eigenvalue weighted by Gasteiger charge is 2.43. The lowest BCUT2D eigenvalue weighted by Gasteiger charge is -2.44. The second-order valence-electron chi connectivity index (χ2n) is 7.87. The number of hydrogen-bond acceptors (Lipinski definition) is 3. The van der Waals surface area contributed by atoms with Gasteiger partial charge in [-0.2, -0.15) is 5.26 Å². The van der Waals surface area contributed by atoms with Gasteiger partial charge in [-0.05, 0) is 74.4 Å². The van der Waals surface area contributed by atoms with Crippen LogP contribution in [0.3, 0.4) is 0 Å². The van der Waals surface area contributed by atoms with E-state index in [1.54, 1.807) is 12.1 Å². The Bertz CT molecular complexity index is 915. The first-order valence-corrected chi connectivity index (χ1v) is 10.6. The Morgan fingerprint density at radius 3 is 2.55 bits per heavy atom. The van der Waals surface area contributed by atoms with Crippen molar-refractivity contribution in [2.24, 2.45) is 5.92 Å². The molecule has 2 aromatic carbocycles. The summed E-state index contributed by atoms with van der Waals surface area (Å²) in [6.45, 7) is 4.11. The molecule has 0 aromatic heterocycles. The Balaban J connectivity index is 1.79. The molecule has 1 amide bonds. The molecular weight excluding hydrogens is 433 g/mol. The molecule has 1 heterocycles. The molecule has 1 unspecified atom stereocenters. The zero-order chi connectivity index (χ0) is 21.0. The van der Waals surface area contributed by atoms with Crippen LogP contribution in [-0.4, -0.2) is 30.9 Å². The maximum Gasteiger partial charge on any atom is 0.223 e. The normalized spacial score (nSPS) is 17.3. The first-order valence-electron chi connectivity index (χ1n) is 9.76. The minimum atomic E-state index is -0.320. The van der Waals surface area contributed by atoms with Crippen LogP contribution in [0, 0.1) is 23.1 Å². The molecule has 3 rings (SSSR count). The molecule has 1 saturated heterocycles. The van der Waals surface area contributed by atoms with Crippen LogP contribution in [0.4, 0.5) is 4.39 Å². The van der Waals surface area contributed by atoms with Gasteiger partial charge in [0.25, 0.3) is 0 Å². The average Bonchev–Trinajstić information content (AvgIpc) is 2.72. The van der Waals surface area contributed by atoms with Gasteiger partial charge in [-0.25, -0.2) is 4.39 Å². The number of benzene rings is 2. The number of carbonyl (C=O) groups excluding carboxylic acids is 1. The molecule has 0 aliphatic carbocycles. The minimum Gasteiger partial charge on any atom is -0.352 e. The number of rotatable bonds is 5. The van der Waals surface area contributed by atoms with Crippen molar-refractivity contribution >= 4 is 21.8 Å². The van der Waals surface area contributed by atoms with E-state index in [1.807, 2.05) is 25.1 Å². The third-order valence-electron chi connectivity index (χ3n) is 6.07. The third-order valence-corrected chi connectivity index (χ3v) is 6.53. The van der Waals surface area contributed by atoms with Gasteiger partial charge < -0.3 is 10.2 Å². The molecule has 152 valence electrons. The lowest BCUT2D eigenvalue weighted by Crippen LogP contribution is -2.49. The predicted molar refractivity (Wildman–Crippen MR) is 115 cm³/mol. The largest absolute Gasteiger partial charge is 0.352 e. The second kappa shape index (κ2) is 9.06. The van der Waals surface area contributed by atoms with Crippen LogP contribution in [0.5, 0.6) is 0 Å². The fraction of sp³-hybridized carbons (Fsp3) is 0.391. The van der Waals surface area contributed by atoms with Gasteiger partial charge in [0.15, 0.2) is 0 Å². The number of hydrogen-bond donors (Lipinski definition) is 1. The van der Waals surface area contributed by atoms with Crippen molar-refractivity contribution in [3.8, 4) is 6.07 Å². The van der Waals surface area contributed by atoms with Crippen molar-refractivity contribution in [3.63, 3.8) is 0 Å². The van der Waals surface area contributed by atoms with Crippen molar-refractivity contribution in [2.75, 3.05) is 20.1 Å². The second-order valence-corrected chi connectivity index (χ2v) is 8.78. The lowest BCUT2D eigenvalue weighted by atomic mass is 9.64. The number of nitriles is 1. The molecule has 1 atom stereocenters. The molecule has 4 nitrogen and oxygen atoms in total. The van der Waals surface area contributed by atoms with Gasteiger partial charge in [0.1, 0.15) is 5.82 Å². The number of halogens is 2. The molecule has 1 fully saturated rings. The lowest BCUT2D eigenvalue weighted by molar-refractivity contribution is -0.127. The summed E-state index contributed by atoms with van der Waals surface area (Å²) in [6.07, 6.45) is 1.69. The Morgan fingerprint density at radius 1 is 1.28 bits per heavy atom. The zero-order valence-corrected chi connectivity index (χ0v) is 18.3. The van der Waals surface area contributed by atoms with Gasteiger partial charge in [-0.3, -0.25) is 4.79 Å². The van der Waals surface area contributed by atoms with Crippen molar-refractivity contribution in [2.45, 2.75) is 31.7 Å². The van der Waals surface area contributed by atoms with E-state index in [-0.39, 0.29) is 23.1 Å². The Morgan fingerprint density at radius 2 is 1.93 bits per heavy atom. The SMILES string of the molecule is CC(C(=O)NCc1cc(Br)cc(C#N)c1)C1(c2ccc(F)cc2)CCN(C)CC1. The number of piperidine rings is 1. The standard InChI is InChI=1S/C23H25BrFN3O/c1-16(22(29)27-15-18-11-17(14-26)12-20(24)13-18)23(7-9-28(2)10-8-23)19-3-5-21(25)6-4-19/h3-6,11-13,16H,7-10,15H2,1-2H3,(H,27,29). The molecule has 1 aliphatic rings. The summed E-state index contributed by atoms with van der Waals surface area (Å²) in [7, 11) is 2.08. The van der Waals surface area contributed by atoms with Gasteiger partial charge in [0.2, 0.25) is 5.91 Å². The van der Waals surface area contributed by atoms with Crippen LogP contribution in [0.1, 0.15) is 36.5 Å². The summed E-state index contributed by atoms with van der Waals surface area (Å²) in [5.74, 6) is -0.557. The van der Waals surface area contributed by atoms with E-state index < -0.39 is 0 Å². The van der Waals surface area contributed by atoms with Gasteiger partial charge in [-0.1, -0.05) is 35.0 Å². The van der Waals surface area contributed by atoms with Crippen molar-refractivity contribution < 1.29 is 9.18 Å². The van der Waals surface area contributed by atoms with Crippen molar-refractivity contribution in [1.29, 1.82) is 5.26 Å². The van der Waals surface area contributed by atoms with E-state index in [2.05, 4.69) is 39.3 Å². The van der Waals surface area contributed by atoms with Crippen molar-refractivity contribution in [1.82, 2.24) is 10.2 Å². The van der Waals surface area contributed by atoms with Gasteiger partial charge in [-0.15, -0.1) is 0 Å². The van der Waals surface area contributed by atoms with Crippen LogP contribution < -0.4 is 5.32 Å². The highest BCUT2D eigenvalue weighted by Crippen LogP contribution is 2.42. The Hall–Kier alpha value is -2.23. The van der Waals surface area contributed by atoms with E-state index in [0.717, 1.165) is 41.5 Å². The quantitative estimate of drug-likeness (QED) is 0.724. The van der Waals surface area contributed by atoms with Gasteiger partial charge in [0.05, 0.1) is 11.6 Å². The molecule has 0 radical (unpaired) electrons. The fourth-order valence-corrected chi connectivity index (χ4v) is 4.72. The summed E-state index contributed by atoms with van der Waals surface area (Å²) in [4.78, 5) is 15.4. The fourth-order valence-electron chi connectivity index (χ4n) is 4.18. The summed E-state index contributed by atoms with van der Waals surface area (Å²) in [5.41, 5.74) is 2.12. The number of likely N-dealkylation sites (tertiary alicyclic amines) is 1. The van der Waals surface area contributed by atoms with Crippen LogP contribution in [0.2, 0.25) is 0 Å². The smallest absolute Gasteiger partial charge is 0.223 e. The third kappa shape index (κ3) is 4.85. The monoisotopic (exact) mass is 457 g/mol. The Kier molecular flexibility index (Phi) is 6.71. The van der Waals surface area contributed by atoms with E-state index in [9.17, 15) is 9.18 Å². The molecule has 1 aliphatic heterocycles. The minimum absolute atomic E-state index is 0.0302. The summed E-state index contributed by atoms with van der Waals surface area (Å²) < 4.78 is 14.3. The number of nitrogens with one attached hydrogen (secondary N) is 1. The molecule has 0 spiro atoms. The van der Waals surface area contributed by atoms with Crippen LogP contribution in [0.25, 0.3) is 0 Å². The van der Waals surface area contributed by atoms with Gasteiger partial charge in [0, 0.05) is 22.4 Å². The molecule has 6 heteroatoms. The van der Waals surface area contributed by atoms with E-state index in [4.69, 9.17) is 5.26 Å². The maximum atomic E-state index is 13.5. The number of nitrogens with zero attached hydrogens (tertiary/aromatic N) is 2. The van der Waals surface area contributed by atoms with E-state index in [1.165, 1.54) is 12.1 Å². The van der Waals surface area contributed by atoms with Gasteiger partial charge >= 0.3 is 0 Å². The van der Waals surface area contributed by atoms with E-state index >= 15 is 0 Å². The van der Waals surface area contributed by atoms with Crippen LogP contribution >= 0.6 is 15.9 Å². The summed E-state index contributed by atoms with van der Waals surface area (Å²) in [6, 6.07) is 14.1. The topological polar surface area (TPSA) is 56.1 Å². The molecule has 0 bridgehead atoms. The highest BCUT2D eigenvalue weighted by atomic mass is 79.9. The summed E-state index contributed by atoms with van der Waals surface area (Å²) in [5, 5.41) is 12.2. The predicted octanol–water partition coefficient (Wildman–Crippen LogP) is 4.38. The van der Waals surface area contributed by atoms with Crippen molar-refractivity contribution in [3.05, 3.63) is 69.4 Å². The summed E-state index contributed by atoms with van der Waals surface area (Å²) >= 11 is 3.40. The van der Waals surface area contributed by atoms with Crippen LogP contribution in [0.15, 0.2) is 46.9 Å². The average molecular weight is 458 g/mol. The molecule has 2 aromatic rings. The Labute approximate surface area is 179 Å². The van der Waals surface area contributed by atoms with E-state index in [0.29, 0.717) is 12.1 Å². The number of amides is 1. The molecule has 0 saturated carbocycles. The molecule has 1 N–H and O–H groups in total. The number of carbonyl (C=O) groups is 1. The zero-order valence-electron chi connectivity index (χ0n) is 16.7. The first-order chi connectivity index (χ1) is 13.8. The molecule has 29 heavy (non-hydrogen) atoms.